The SMILES string of the molecule is CCCC#CCCc1ccc(OCC(C)C)c(C(C)(C)C)c1. The van der Waals surface area contributed by atoms with Gasteiger partial charge in [0.2, 0.25) is 0 Å². The zero-order valence-electron chi connectivity index (χ0n) is 15.3. The number of hydrogen-bond acceptors (Lipinski definition) is 1. The van der Waals surface area contributed by atoms with E-state index < -0.39 is 0 Å². The summed E-state index contributed by atoms with van der Waals surface area (Å²) in [6.07, 6.45) is 4.11. The highest BCUT2D eigenvalue weighted by atomic mass is 16.5. The number of unbranched alkanes of at least 4 members (excludes halogenated alkanes) is 1. The standard InChI is InChI=1S/C21H32O/c1-7-8-9-10-11-12-18-13-14-20(22-16-17(2)3)19(15-18)21(4,5)6/h13-15,17H,7-8,11-12,16H2,1-6H3. The van der Waals surface area contributed by atoms with Crippen molar-refractivity contribution < 1.29 is 4.74 Å². The Kier molecular flexibility index (Phi) is 7.52. The molecule has 1 heteroatoms. The maximum atomic E-state index is 6.01. The molecule has 0 bridgehead atoms. The molecule has 0 unspecified atom stereocenters. The molecule has 1 aromatic rings. The third kappa shape index (κ3) is 6.56. The first-order chi connectivity index (χ1) is 10.3. The normalized spacial score (nSPS) is 11.2. The highest BCUT2D eigenvalue weighted by Crippen LogP contribution is 2.32. The van der Waals surface area contributed by atoms with E-state index in [1.807, 2.05) is 0 Å². The van der Waals surface area contributed by atoms with Crippen molar-refractivity contribution in [3.8, 4) is 17.6 Å². The fraction of sp³-hybridized carbons (Fsp3) is 0.619. The molecule has 0 aliphatic carbocycles. The van der Waals surface area contributed by atoms with Crippen LogP contribution in [-0.2, 0) is 11.8 Å². The summed E-state index contributed by atoms with van der Waals surface area (Å²) in [4.78, 5) is 0. The molecule has 0 saturated heterocycles. The first-order valence-corrected chi connectivity index (χ1v) is 8.56. The summed E-state index contributed by atoms with van der Waals surface area (Å²) in [6.45, 7) is 14.0. The minimum Gasteiger partial charge on any atom is -0.493 e. The van der Waals surface area contributed by atoms with Crippen molar-refractivity contribution in [2.75, 3.05) is 6.61 Å². The summed E-state index contributed by atoms with van der Waals surface area (Å²) in [5.41, 5.74) is 2.75. The number of ether oxygens (including phenoxy) is 1. The Morgan fingerprint density at radius 3 is 2.36 bits per heavy atom. The minimum absolute atomic E-state index is 0.0935. The maximum Gasteiger partial charge on any atom is 0.123 e. The molecular formula is C21H32O. The van der Waals surface area contributed by atoms with E-state index in [0.29, 0.717) is 5.92 Å². The van der Waals surface area contributed by atoms with E-state index in [0.717, 1.165) is 38.0 Å². The number of hydrogen-bond donors (Lipinski definition) is 0. The van der Waals surface area contributed by atoms with Crippen LogP contribution >= 0.6 is 0 Å². The second kappa shape index (κ2) is 8.89. The van der Waals surface area contributed by atoms with Crippen molar-refractivity contribution in [2.45, 2.75) is 72.6 Å². The average molecular weight is 300 g/mol. The Morgan fingerprint density at radius 1 is 1.09 bits per heavy atom. The van der Waals surface area contributed by atoms with Crippen LogP contribution in [0.15, 0.2) is 18.2 Å². The van der Waals surface area contributed by atoms with Crippen LogP contribution in [0.3, 0.4) is 0 Å². The van der Waals surface area contributed by atoms with Crippen LogP contribution in [-0.4, -0.2) is 6.61 Å². The van der Waals surface area contributed by atoms with Crippen molar-refractivity contribution >= 4 is 0 Å². The summed E-state index contributed by atoms with van der Waals surface area (Å²) < 4.78 is 6.01. The van der Waals surface area contributed by atoms with Gasteiger partial charge in [-0.25, -0.2) is 0 Å². The molecule has 0 saturated carbocycles. The smallest absolute Gasteiger partial charge is 0.123 e. The Morgan fingerprint density at radius 2 is 1.77 bits per heavy atom. The average Bonchev–Trinajstić information content (AvgIpc) is 2.44. The van der Waals surface area contributed by atoms with E-state index in [4.69, 9.17) is 4.74 Å². The van der Waals surface area contributed by atoms with Gasteiger partial charge in [-0.3, -0.25) is 0 Å². The van der Waals surface area contributed by atoms with Crippen molar-refractivity contribution in [2.24, 2.45) is 5.92 Å². The fourth-order valence-corrected chi connectivity index (χ4v) is 2.21. The predicted octanol–water partition coefficient (Wildman–Crippen LogP) is 5.76. The fourth-order valence-electron chi connectivity index (χ4n) is 2.21. The van der Waals surface area contributed by atoms with Crippen molar-refractivity contribution in [3.63, 3.8) is 0 Å². The zero-order valence-corrected chi connectivity index (χ0v) is 15.3. The van der Waals surface area contributed by atoms with Gasteiger partial charge in [-0.05, 0) is 41.4 Å². The van der Waals surface area contributed by atoms with Crippen LogP contribution in [0, 0.1) is 17.8 Å². The first-order valence-electron chi connectivity index (χ1n) is 8.56. The summed E-state index contributed by atoms with van der Waals surface area (Å²) in [6, 6.07) is 6.63. The van der Waals surface area contributed by atoms with E-state index in [2.05, 4.69) is 71.6 Å². The van der Waals surface area contributed by atoms with Gasteiger partial charge in [-0.15, -0.1) is 11.8 Å². The molecule has 0 atom stereocenters. The van der Waals surface area contributed by atoms with Gasteiger partial charge in [0.15, 0.2) is 0 Å². The molecule has 0 heterocycles. The Labute approximate surface area is 137 Å². The Balaban J connectivity index is 2.84. The summed E-state index contributed by atoms with van der Waals surface area (Å²) in [5.74, 6) is 8.06. The molecule has 0 fully saturated rings. The van der Waals surface area contributed by atoms with Crippen LogP contribution in [0.25, 0.3) is 0 Å². The van der Waals surface area contributed by atoms with Gasteiger partial charge in [0.05, 0.1) is 6.61 Å². The molecule has 0 amide bonds. The molecule has 1 rings (SSSR count). The molecule has 22 heavy (non-hydrogen) atoms. The zero-order chi connectivity index (χ0) is 16.6. The largest absolute Gasteiger partial charge is 0.493 e. The van der Waals surface area contributed by atoms with Gasteiger partial charge in [0, 0.05) is 12.8 Å². The van der Waals surface area contributed by atoms with E-state index in [1.54, 1.807) is 0 Å². The van der Waals surface area contributed by atoms with E-state index in [1.165, 1.54) is 11.1 Å². The van der Waals surface area contributed by atoms with E-state index in [-0.39, 0.29) is 5.41 Å². The molecule has 0 aromatic heterocycles. The molecular weight excluding hydrogens is 268 g/mol. The quantitative estimate of drug-likeness (QED) is 0.607. The molecule has 1 aromatic carbocycles. The number of benzene rings is 1. The van der Waals surface area contributed by atoms with Crippen LogP contribution in [0.2, 0.25) is 0 Å². The molecule has 0 radical (unpaired) electrons. The molecule has 0 aliphatic rings. The second-order valence-corrected chi connectivity index (χ2v) is 7.39. The van der Waals surface area contributed by atoms with Crippen LogP contribution < -0.4 is 4.74 Å². The second-order valence-electron chi connectivity index (χ2n) is 7.39. The van der Waals surface area contributed by atoms with Crippen LogP contribution in [0.5, 0.6) is 5.75 Å². The predicted molar refractivity (Wildman–Crippen MR) is 96.5 cm³/mol. The maximum absolute atomic E-state index is 6.01. The van der Waals surface area contributed by atoms with Gasteiger partial charge in [0.25, 0.3) is 0 Å². The highest BCUT2D eigenvalue weighted by Gasteiger charge is 2.19. The van der Waals surface area contributed by atoms with Crippen LogP contribution in [0.4, 0.5) is 0 Å². The summed E-state index contributed by atoms with van der Waals surface area (Å²) in [7, 11) is 0. The highest BCUT2D eigenvalue weighted by molar-refractivity contribution is 5.42. The van der Waals surface area contributed by atoms with Gasteiger partial charge >= 0.3 is 0 Å². The lowest BCUT2D eigenvalue weighted by Crippen LogP contribution is -2.15. The molecule has 0 spiro atoms. The third-order valence-electron chi connectivity index (χ3n) is 3.46. The lowest BCUT2D eigenvalue weighted by molar-refractivity contribution is 0.265. The summed E-state index contributed by atoms with van der Waals surface area (Å²) >= 11 is 0. The summed E-state index contributed by atoms with van der Waals surface area (Å²) in [5, 5.41) is 0. The Bertz CT molecular complexity index is 509. The van der Waals surface area contributed by atoms with E-state index in [9.17, 15) is 0 Å². The van der Waals surface area contributed by atoms with Gasteiger partial charge in [0.1, 0.15) is 5.75 Å². The number of rotatable bonds is 6. The van der Waals surface area contributed by atoms with Crippen molar-refractivity contribution in [1.82, 2.24) is 0 Å². The topological polar surface area (TPSA) is 9.23 Å². The van der Waals surface area contributed by atoms with E-state index >= 15 is 0 Å². The van der Waals surface area contributed by atoms with Crippen molar-refractivity contribution in [3.05, 3.63) is 29.3 Å². The minimum atomic E-state index is 0.0935. The lowest BCUT2D eigenvalue weighted by Gasteiger charge is -2.24. The lowest BCUT2D eigenvalue weighted by atomic mass is 9.85. The monoisotopic (exact) mass is 300 g/mol. The van der Waals surface area contributed by atoms with Crippen molar-refractivity contribution in [1.29, 1.82) is 0 Å². The number of aryl methyl sites for hydroxylation is 1. The molecule has 1 nitrogen and oxygen atoms in total. The first kappa shape index (κ1) is 18.6. The van der Waals surface area contributed by atoms with Gasteiger partial charge < -0.3 is 4.74 Å². The van der Waals surface area contributed by atoms with Gasteiger partial charge in [-0.2, -0.15) is 0 Å². The molecule has 122 valence electrons. The van der Waals surface area contributed by atoms with Gasteiger partial charge in [-0.1, -0.05) is 53.7 Å². The van der Waals surface area contributed by atoms with Crippen LogP contribution in [0.1, 0.15) is 71.9 Å². The Hall–Kier alpha value is -1.42. The third-order valence-corrected chi connectivity index (χ3v) is 3.46. The molecule has 0 N–H and O–H groups in total. The molecule has 0 aliphatic heterocycles.